The van der Waals surface area contributed by atoms with Gasteiger partial charge in [-0.25, -0.2) is 0 Å². The van der Waals surface area contributed by atoms with Gasteiger partial charge in [0.25, 0.3) is 0 Å². The van der Waals surface area contributed by atoms with Crippen molar-refractivity contribution in [1.29, 1.82) is 5.26 Å². The van der Waals surface area contributed by atoms with Crippen molar-refractivity contribution in [1.82, 2.24) is 4.98 Å². The van der Waals surface area contributed by atoms with E-state index in [1.807, 2.05) is 6.07 Å². The highest BCUT2D eigenvalue weighted by molar-refractivity contribution is 5.54. The fourth-order valence-corrected chi connectivity index (χ4v) is 1.93. The van der Waals surface area contributed by atoms with Crippen LogP contribution >= 0.6 is 0 Å². The van der Waals surface area contributed by atoms with Crippen LogP contribution in [0.15, 0.2) is 42.6 Å². The number of pyridine rings is 1. The summed E-state index contributed by atoms with van der Waals surface area (Å²) in [5.41, 5.74) is -0.169. The molecule has 1 heterocycles. The second kappa shape index (κ2) is 5.83. The maximum atomic E-state index is 12.9. The van der Waals surface area contributed by atoms with Gasteiger partial charge in [0.2, 0.25) is 0 Å². The average Bonchev–Trinajstić information content (AvgIpc) is 2.46. The van der Waals surface area contributed by atoms with Crippen LogP contribution < -0.4 is 4.90 Å². The maximum absolute atomic E-state index is 12.9. The highest BCUT2D eigenvalue weighted by Crippen LogP contribution is 2.34. The molecule has 0 aliphatic carbocycles. The molecule has 0 fully saturated rings. The molecule has 6 heteroatoms. The number of rotatable bonds is 3. The number of halogens is 3. The van der Waals surface area contributed by atoms with Crippen LogP contribution in [0.25, 0.3) is 0 Å². The van der Waals surface area contributed by atoms with E-state index in [0.717, 1.165) is 11.8 Å². The Morgan fingerprint density at radius 3 is 2.57 bits per heavy atom. The Morgan fingerprint density at radius 2 is 2.00 bits per heavy atom. The molecule has 0 spiro atoms. The summed E-state index contributed by atoms with van der Waals surface area (Å²) in [4.78, 5) is 5.78. The second-order valence-corrected chi connectivity index (χ2v) is 4.52. The third-order valence-electron chi connectivity index (χ3n) is 3.00. The molecule has 1 aromatic carbocycles. The van der Waals surface area contributed by atoms with E-state index in [-0.39, 0.29) is 5.56 Å². The van der Waals surface area contributed by atoms with Crippen LogP contribution in [0.3, 0.4) is 0 Å². The largest absolute Gasteiger partial charge is 0.417 e. The topological polar surface area (TPSA) is 39.9 Å². The van der Waals surface area contributed by atoms with Gasteiger partial charge in [-0.2, -0.15) is 18.4 Å². The number of benzene rings is 1. The lowest BCUT2D eigenvalue weighted by molar-refractivity contribution is -0.137. The number of anilines is 1. The minimum absolute atomic E-state index is 0.377. The first-order valence-electron chi connectivity index (χ1n) is 6.14. The highest BCUT2D eigenvalue weighted by Gasteiger charge is 2.34. The normalized spacial score (nSPS) is 11.0. The average molecular weight is 291 g/mol. The van der Waals surface area contributed by atoms with Crippen molar-refractivity contribution < 1.29 is 13.2 Å². The van der Waals surface area contributed by atoms with Crippen molar-refractivity contribution >= 4 is 5.69 Å². The molecule has 0 bridgehead atoms. The molecule has 21 heavy (non-hydrogen) atoms. The monoisotopic (exact) mass is 291 g/mol. The summed E-state index contributed by atoms with van der Waals surface area (Å²) in [6, 6.07) is 10.6. The van der Waals surface area contributed by atoms with Gasteiger partial charge < -0.3 is 4.90 Å². The Labute approximate surface area is 120 Å². The van der Waals surface area contributed by atoms with Crippen LogP contribution in [-0.2, 0) is 12.7 Å². The standard InChI is InChI=1S/C15H12F3N3/c1-21(10-12-4-2-3-7-20-12)13-6-5-11(9-19)14(8-13)15(16,17)18/h2-8H,10H2,1H3. The van der Waals surface area contributed by atoms with Crippen LogP contribution in [-0.4, -0.2) is 12.0 Å². The number of nitriles is 1. The van der Waals surface area contributed by atoms with Crippen LogP contribution in [0.2, 0.25) is 0 Å². The number of aromatic nitrogens is 1. The van der Waals surface area contributed by atoms with Crippen molar-refractivity contribution in [2.45, 2.75) is 12.7 Å². The fraction of sp³-hybridized carbons (Fsp3) is 0.200. The molecule has 0 radical (unpaired) electrons. The molecule has 108 valence electrons. The van der Waals surface area contributed by atoms with Gasteiger partial charge in [-0.05, 0) is 30.3 Å². The first-order chi connectivity index (χ1) is 9.91. The molecule has 0 amide bonds. The molecular formula is C15H12F3N3. The molecule has 0 aliphatic rings. The number of hydrogen-bond donors (Lipinski definition) is 0. The molecule has 2 rings (SSSR count). The Morgan fingerprint density at radius 1 is 1.24 bits per heavy atom. The molecule has 3 nitrogen and oxygen atoms in total. The van der Waals surface area contributed by atoms with E-state index in [0.29, 0.717) is 12.2 Å². The Balaban J connectivity index is 2.30. The predicted molar refractivity (Wildman–Crippen MR) is 72.5 cm³/mol. The van der Waals surface area contributed by atoms with Crippen LogP contribution in [0, 0.1) is 11.3 Å². The van der Waals surface area contributed by atoms with E-state index in [2.05, 4.69) is 4.98 Å². The van der Waals surface area contributed by atoms with Crippen molar-refractivity contribution in [2.24, 2.45) is 0 Å². The minimum Gasteiger partial charge on any atom is -0.369 e. The van der Waals surface area contributed by atoms with Crippen LogP contribution in [0.5, 0.6) is 0 Å². The maximum Gasteiger partial charge on any atom is 0.417 e. The first-order valence-corrected chi connectivity index (χ1v) is 6.14. The van der Waals surface area contributed by atoms with E-state index in [1.54, 1.807) is 36.3 Å². The lowest BCUT2D eigenvalue weighted by Crippen LogP contribution is -2.18. The summed E-state index contributed by atoms with van der Waals surface area (Å²) in [5, 5.41) is 8.77. The lowest BCUT2D eigenvalue weighted by Gasteiger charge is -2.20. The Kier molecular flexibility index (Phi) is 4.13. The highest BCUT2D eigenvalue weighted by atomic mass is 19.4. The molecular weight excluding hydrogens is 279 g/mol. The molecule has 0 aliphatic heterocycles. The minimum atomic E-state index is -4.55. The van der Waals surface area contributed by atoms with Gasteiger partial charge >= 0.3 is 6.18 Å². The van der Waals surface area contributed by atoms with Gasteiger partial charge in [-0.3, -0.25) is 4.98 Å². The number of hydrogen-bond acceptors (Lipinski definition) is 3. The van der Waals surface area contributed by atoms with Gasteiger partial charge in [0, 0.05) is 18.9 Å². The molecule has 0 saturated heterocycles. The van der Waals surface area contributed by atoms with E-state index in [4.69, 9.17) is 5.26 Å². The first kappa shape index (κ1) is 14.9. The van der Waals surface area contributed by atoms with Gasteiger partial charge in [0.1, 0.15) is 0 Å². The zero-order valence-electron chi connectivity index (χ0n) is 11.2. The molecule has 0 unspecified atom stereocenters. The summed E-state index contributed by atoms with van der Waals surface area (Å²) in [6.07, 6.45) is -2.92. The van der Waals surface area contributed by atoms with Gasteiger partial charge in [0.05, 0.1) is 29.4 Å². The quantitative estimate of drug-likeness (QED) is 0.867. The van der Waals surface area contributed by atoms with Crippen LogP contribution in [0.4, 0.5) is 18.9 Å². The summed E-state index contributed by atoms with van der Waals surface area (Å²) in [5.74, 6) is 0. The van der Waals surface area contributed by atoms with Crippen LogP contribution in [0.1, 0.15) is 16.8 Å². The molecule has 0 saturated carbocycles. The van der Waals surface area contributed by atoms with E-state index in [9.17, 15) is 13.2 Å². The van der Waals surface area contributed by atoms with Gasteiger partial charge in [-0.1, -0.05) is 6.07 Å². The smallest absolute Gasteiger partial charge is 0.369 e. The number of alkyl halides is 3. The number of nitrogens with zero attached hydrogens (tertiary/aromatic N) is 3. The molecule has 2 aromatic rings. The van der Waals surface area contributed by atoms with E-state index >= 15 is 0 Å². The zero-order valence-corrected chi connectivity index (χ0v) is 11.2. The van der Waals surface area contributed by atoms with Gasteiger partial charge in [-0.15, -0.1) is 0 Å². The SMILES string of the molecule is CN(Cc1ccccn1)c1ccc(C#N)c(C(F)(F)F)c1. The summed E-state index contributed by atoms with van der Waals surface area (Å²) in [6.45, 7) is 0.379. The van der Waals surface area contributed by atoms with Crippen molar-refractivity contribution in [3.8, 4) is 6.07 Å². The van der Waals surface area contributed by atoms with Crippen molar-refractivity contribution in [2.75, 3.05) is 11.9 Å². The fourth-order valence-electron chi connectivity index (χ4n) is 1.93. The summed E-state index contributed by atoms with van der Waals surface area (Å²) < 4.78 is 38.8. The third-order valence-corrected chi connectivity index (χ3v) is 3.00. The Bertz CT molecular complexity index is 660. The summed E-state index contributed by atoms with van der Waals surface area (Å²) >= 11 is 0. The molecule has 0 atom stereocenters. The predicted octanol–water partition coefficient (Wildman–Crippen LogP) is 3.61. The van der Waals surface area contributed by atoms with Crippen molar-refractivity contribution in [3.63, 3.8) is 0 Å². The lowest BCUT2D eigenvalue weighted by atomic mass is 10.1. The van der Waals surface area contributed by atoms with E-state index < -0.39 is 11.7 Å². The second-order valence-electron chi connectivity index (χ2n) is 4.52. The molecule has 1 aromatic heterocycles. The zero-order chi connectivity index (χ0) is 15.5. The molecule has 0 N–H and O–H groups in total. The third kappa shape index (κ3) is 3.51. The van der Waals surface area contributed by atoms with Crippen molar-refractivity contribution in [3.05, 3.63) is 59.4 Å². The summed E-state index contributed by atoms with van der Waals surface area (Å²) in [7, 11) is 1.68. The van der Waals surface area contributed by atoms with Gasteiger partial charge in [0.15, 0.2) is 0 Å². The Hall–Kier alpha value is -2.55. The van der Waals surface area contributed by atoms with E-state index in [1.165, 1.54) is 12.1 Å².